The molecule has 2 unspecified atom stereocenters. The SMILES string of the molecule is CCC(N)C(C)S(=O)(=O)c1cccc(Cl)c1. The van der Waals surface area contributed by atoms with Crippen LogP contribution in [0.3, 0.4) is 0 Å². The largest absolute Gasteiger partial charge is 0.327 e. The van der Waals surface area contributed by atoms with Gasteiger partial charge in [-0.05, 0) is 31.5 Å². The maximum Gasteiger partial charge on any atom is 0.182 e. The maximum atomic E-state index is 12.1. The first kappa shape index (κ1) is 13.5. The van der Waals surface area contributed by atoms with E-state index in [2.05, 4.69) is 0 Å². The lowest BCUT2D eigenvalue weighted by atomic mass is 10.2. The molecule has 0 heterocycles. The fraction of sp³-hybridized carbons (Fsp3) is 0.455. The zero-order valence-corrected chi connectivity index (χ0v) is 10.9. The summed E-state index contributed by atoms with van der Waals surface area (Å²) in [6, 6.07) is 5.91. The van der Waals surface area contributed by atoms with E-state index in [0.717, 1.165) is 0 Å². The molecule has 0 aliphatic carbocycles. The second-order valence-electron chi connectivity index (χ2n) is 3.78. The van der Waals surface area contributed by atoms with Crippen LogP contribution in [0.2, 0.25) is 5.02 Å². The zero-order valence-electron chi connectivity index (χ0n) is 9.35. The van der Waals surface area contributed by atoms with Crippen LogP contribution in [-0.4, -0.2) is 19.7 Å². The van der Waals surface area contributed by atoms with Crippen LogP contribution in [0, 0.1) is 0 Å². The molecule has 3 nitrogen and oxygen atoms in total. The zero-order chi connectivity index (χ0) is 12.3. The first-order valence-electron chi connectivity index (χ1n) is 5.14. The predicted octanol–water partition coefficient (Wildman–Crippen LogP) is 2.24. The van der Waals surface area contributed by atoms with Crippen LogP contribution >= 0.6 is 11.6 Å². The lowest BCUT2D eigenvalue weighted by molar-refractivity contribution is 0.552. The molecule has 2 atom stereocenters. The van der Waals surface area contributed by atoms with E-state index in [9.17, 15) is 8.42 Å². The number of nitrogens with two attached hydrogens (primary N) is 1. The molecule has 1 aromatic rings. The van der Waals surface area contributed by atoms with Gasteiger partial charge in [-0.25, -0.2) is 8.42 Å². The van der Waals surface area contributed by atoms with Crippen molar-refractivity contribution < 1.29 is 8.42 Å². The number of halogens is 1. The van der Waals surface area contributed by atoms with Crippen LogP contribution in [0.15, 0.2) is 29.2 Å². The standard InChI is InChI=1S/C11H16ClNO2S/c1-3-11(13)8(2)16(14,15)10-6-4-5-9(12)7-10/h4-8,11H,3,13H2,1-2H3. The molecule has 0 aliphatic rings. The van der Waals surface area contributed by atoms with E-state index >= 15 is 0 Å². The van der Waals surface area contributed by atoms with Gasteiger partial charge in [0.1, 0.15) is 0 Å². The molecule has 0 fully saturated rings. The Kier molecular flexibility index (Phi) is 4.35. The van der Waals surface area contributed by atoms with Crippen molar-refractivity contribution >= 4 is 21.4 Å². The summed E-state index contributed by atoms with van der Waals surface area (Å²) >= 11 is 5.77. The van der Waals surface area contributed by atoms with Crippen molar-refractivity contribution in [2.45, 2.75) is 36.5 Å². The van der Waals surface area contributed by atoms with Gasteiger partial charge < -0.3 is 5.73 Å². The smallest absolute Gasteiger partial charge is 0.182 e. The van der Waals surface area contributed by atoms with Gasteiger partial charge in [-0.1, -0.05) is 24.6 Å². The van der Waals surface area contributed by atoms with Crippen molar-refractivity contribution in [3.05, 3.63) is 29.3 Å². The third-order valence-electron chi connectivity index (χ3n) is 2.69. The first-order valence-corrected chi connectivity index (χ1v) is 7.07. The number of benzene rings is 1. The molecule has 1 aromatic carbocycles. The lowest BCUT2D eigenvalue weighted by Gasteiger charge is -2.18. The highest BCUT2D eigenvalue weighted by Gasteiger charge is 2.27. The van der Waals surface area contributed by atoms with Crippen LogP contribution < -0.4 is 5.73 Å². The number of hydrogen-bond donors (Lipinski definition) is 1. The van der Waals surface area contributed by atoms with E-state index in [1.807, 2.05) is 6.92 Å². The Balaban J connectivity index is 3.12. The van der Waals surface area contributed by atoms with E-state index in [-0.39, 0.29) is 10.9 Å². The van der Waals surface area contributed by atoms with Crippen LogP contribution in [0.5, 0.6) is 0 Å². The van der Waals surface area contributed by atoms with Crippen LogP contribution in [0.25, 0.3) is 0 Å². The van der Waals surface area contributed by atoms with Gasteiger partial charge in [0.15, 0.2) is 9.84 Å². The molecule has 0 radical (unpaired) electrons. The average Bonchev–Trinajstić information content (AvgIpc) is 2.27. The highest BCUT2D eigenvalue weighted by atomic mass is 35.5. The van der Waals surface area contributed by atoms with E-state index in [1.54, 1.807) is 25.1 Å². The van der Waals surface area contributed by atoms with Crippen LogP contribution in [-0.2, 0) is 9.84 Å². The van der Waals surface area contributed by atoms with Gasteiger partial charge >= 0.3 is 0 Å². The second-order valence-corrected chi connectivity index (χ2v) is 6.52. The number of rotatable bonds is 4. The van der Waals surface area contributed by atoms with Crippen molar-refractivity contribution in [2.75, 3.05) is 0 Å². The Morgan fingerprint density at radius 1 is 1.44 bits per heavy atom. The third-order valence-corrected chi connectivity index (χ3v) is 5.16. The van der Waals surface area contributed by atoms with Gasteiger partial charge in [0, 0.05) is 11.1 Å². The molecule has 5 heteroatoms. The van der Waals surface area contributed by atoms with Gasteiger partial charge in [0.2, 0.25) is 0 Å². The predicted molar refractivity (Wildman–Crippen MR) is 66.4 cm³/mol. The monoisotopic (exact) mass is 261 g/mol. The molecule has 1 rings (SSSR count). The minimum Gasteiger partial charge on any atom is -0.327 e. The summed E-state index contributed by atoms with van der Waals surface area (Å²) in [5.74, 6) is 0. The van der Waals surface area contributed by atoms with Gasteiger partial charge in [-0.15, -0.1) is 0 Å². The summed E-state index contributed by atoms with van der Waals surface area (Å²) in [6.07, 6.45) is 0.626. The minimum absolute atomic E-state index is 0.233. The third kappa shape index (κ3) is 2.75. The Morgan fingerprint density at radius 3 is 2.56 bits per heavy atom. The normalized spacial score (nSPS) is 15.8. The molecular formula is C11H16ClNO2S. The molecule has 0 bridgehead atoms. The second kappa shape index (κ2) is 5.17. The van der Waals surface area contributed by atoms with Crippen molar-refractivity contribution in [2.24, 2.45) is 5.73 Å². The maximum absolute atomic E-state index is 12.1. The summed E-state index contributed by atoms with van der Waals surface area (Å²) in [4.78, 5) is 0.233. The van der Waals surface area contributed by atoms with E-state index < -0.39 is 15.1 Å². The minimum atomic E-state index is -3.38. The van der Waals surface area contributed by atoms with Crippen molar-refractivity contribution in [3.63, 3.8) is 0 Å². The lowest BCUT2D eigenvalue weighted by Crippen LogP contribution is -2.37. The van der Waals surface area contributed by atoms with Gasteiger partial charge in [0.25, 0.3) is 0 Å². The fourth-order valence-corrected chi connectivity index (χ4v) is 3.32. The summed E-state index contributed by atoms with van der Waals surface area (Å²) in [6.45, 7) is 3.50. The Labute approximate surface area is 102 Å². The fourth-order valence-electron chi connectivity index (χ4n) is 1.42. The summed E-state index contributed by atoms with van der Waals surface area (Å²) < 4.78 is 24.3. The summed E-state index contributed by atoms with van der Waals surface area (Å²) in [5, 5.41) is -0.186. The van der Waals surface area contributed by atoms with Crippen LogP contribution in [0.1, 0.15) is 20.3 Å². The number of hydrogen-bond acceptors (Lipinski definition) is 3. The molecule has 16 heavy (non-hydrogen) atoms. The van der Waals surface area contributed by atoms with Crippen molar-refractivity contribution in [1.82, 2.24) is 0 Å². The molecule has 0 saturated carbocycles. The topological polar surface area (TPSA) is 60.2 Å². The quantitative estimate of drug-likeness (QED) is 0.904. The Bertz CT molecular complexity index is 459. The highest BCUT2D eigenvalue weighted by molar-refractivity contribution is 7.92. The Morgan fingerprint density at radius 2 is 2.06 bits per heavy atom. The molecule has 90 valence electrons. The van der Waals surface area contributed by atoms with E-state index in [1.165, 1.54) is 6.07 Å². The van der Waals surface area contributed by atoms with Gasteiger partial charge in [0.05, 0.1) is 10.1 Å². The molecule has 0 spiro atoms. The highest BCUT2D eigenvalue weighted by Crippen LogP contribution is 2.21. The molecule has 0 aliphatic heterocycles. The molecule has 0 aromatic heterocycles. The first-order chi connectivity index (χ1) is 7.39. The number of sulfone groups is 1. The van der Waals surface area contributed by atoms with Crippen molar-refractivity contribution in [1.29, 1.82) is 0 Å². The Hall–Kier alpha value is -0.580. The molecule has 2 N–H and O–H groups in total. The molecular weight excluding hydrogens is 246 g/mol. The summed E-state index contributed by atoms with van der Waals surface area (Å²) in [7, 11) is -3.38. The molecule has 0 saturated heterocycles. The van der Waals surface area contributed by atoms with Gasteiger partial charge in [-0.2, -0.15) is 0 Å². The van der Waals surface area contributed by atoms with Crippen molar-refractivity contribution in [3.8, 4) is 0 Å². The van der Waals surface area contributed by atoms with E-state index in [0.29, 0.717) is 11.4 Å². The summed E-state index contributed by atoms with van der Waals surface area (Å²) in [5.41, 5.74) is 5.77. The average molecular weight is 262 g/mol. The molecule has 0 amide bonds. The van der Waals surface area contributed by atoms with E-state index in [4.69, 9.17) is 17.3 Å². The van der Waals surface area contributed by atoms with Crippen LogP contribution in [0.4, 0.5) is 0 Å². The van der Waals surface area contributed by atoms with Gasteiger partial charge in [-0.3, -0.25) is 0 Å².